The van der Waals surface area contributed by atoms with Crippen molar-refractivity contribution >= 4 is 11.9 Å². The fraction of sp³-hybridized carbons (Fsp3) is 0.333. The van der Waals surface area contributed by atoms with Gasteiger partial charge in [0.05, 0.1) is 0 Å². The van der Waals surface area contributed by atoms with Crippen molar-refractivity contribution in [2.24, 2.45) is 0 Å². The summed E-state index contributed by atoms with van der Waals surface area (Å²) in [5.41, 5.74) is -0.425. The van der Waals surface area contributed by atoms with Gasteiger partial charge in [-0.3, -0.25) is 9.59 Å². The van der Waals surface area contributed by atoms with Gasteiger partial charge in [-0.2, -0.15) is 0 Å². The van der Waals surface area contributed by atoms with Crippen LogP contribution < -0.4 is 0 Å². The third kappa shape index (κ3) is 3.70. The van der Waals surface area contributed by atoms with E-state index in [4.69, 9.17) is 5.11 Å². The van der Waals surface area contributed by atoms with E-state index in [0.717, 1.165) is 4.90 Å². The van der Waals surface area contributed by atoms with Crippen molar-refractivity contribution in [2.45, 2.75) is 13.3 Å². The molecule has 0 radical (unpaired) electrons. The number of carboxylic acid groups (broad SMARTS) is 1. The number of hydrogen-bond donors (Lipinski definition) is 1. The Labute approximate surface area is 107 Å². The molecule has 104 valence electrons. The van der Waals surface area contributed by atoms with Crippen LogP contribution in [0, 0.1) is 17.5 Å². The van der Waals surface area contributed by atoms with E-state index >= 15 is 0 Å². The second-order valence-electron chi connectivity index (χ2n) is 3.87. The molecule has 19 heavy (non-hydrogen) atoms. The molecule has 0 atom stereocenters. The zero-order valence-electron chi connectivity index (χ0n) is 10.1. The molecular weight excluding hydrogens is 263 g/mol. The number of rotatable bonds is 5. The zero-order chi connectivity index (χ0) is 14.6. The molecule has 1 N–H and O–H groups in total. The highest BCUT2D eigenvalue weighted by Crippen LogP contribution is 2.15. The van der Waals surface area contributed by atoms with Gasteiger partial charge in [0.2, 0.25) is 0 Å². The molecule has 0 saturated carbocycles. The second-order valence-corrected chi connectivity index (χ2v) is 3.87. The van der Waals surface area contributed by atoms with E-state index in [-0.39, 0.29) is 6.54 Å². The van der Waals surface area contributed by atoms with Gasteiger partial charge < -0.3 is 10.0 Å². The molecule has 1 aromatic carbocycles. The first-order valence-corrected chi connectivity index (χ1v) is 5.52. The third-order valence-electron chi connectivity index (χ3n) is 2.34. The first-order valence-electron chi connectivity index (χ1n) is 5.52. The van der Waals surface area contributed by atoms with Crippen LogP contribution in [0.4, 0.5) is 13.2 Å². The molecule has 1 amide bonds. The summed E-state index contributed by atoms with van der Waals surface area (Å²) in [5.74, 6) is -6.76. The van der Waals surface area contributed by atoms with Crippen molar-refractivity contribution < 1.29 is 27.9 Å². The molecule has 0 spiro atoms. The Balaban J connectivity index is 3.05. The van der Waals surface area contributed by atoms with Crippen LogP contribution in [0.15, 0.2) is 12.1 Å². The van der Waals surface area contributed by atoms with Crippen LogP contribution in [0.2, 0.25) is 0 Å². The van der Waals surface area contributed by atoms with Gasteiger partial charge in [0.15, 0.2) is 17.5 Å². The lowest BCUT2D eigenvalue weighted by molar-refractivity contribution is -0.137. The van der Waals surface area contributed by atoms with Crippen LogP contribution in [-0.4, -0.2) is 35.0 Å². The summed E-state index contributed by atoms with van der Waals surface area (Å²) in [6, 6.07) is 1.09. The number of carboxylic acids is 1. The van der Waals surface area contributed by atoms with Crippen molar-refractivity contribution in [2.75, 3.05) is 13.1 Å². The molecule has 0 fully saturated rings. The first kappa shape index (κ1) is 15.0. The quantitative estimate of drug-likeness (QED) is 0.837. The van der Waals surface area contributed by atoms with Crippen LogP contribution in [0.5, 0.6) is 0 Å². The fourth-order valence-electron chi connectivity index (χ4n) is 1.55. The lowest BCUT2D eigenvalue weighted by Gasteiger charge is -2.20. The van der Waals surface area contributed by atoms with Crippen LogP contribution >= 0.6 is 0 Å². The number of benzene rings is 1. The van der Waals surface area contributed by atoms with E-state index in [1.807, 2.05) is 0 Å². The summed E-state index contributed by atoms with van der Waals surface area (Å²) in [6.45, 7) is 1.24. The summed E-state index contributed by atoms with van der Waals surface area (Å²) < 4.78 is 38.8. The smallest absolute Gasteiger partial charge is 0.323 e. The average Bonchev–Trinajstić information content (AvgIpc) is 2.33. The lowest BCUT2D eigenvalue weighted by atomic mass is 10.1. The van der Waals surface area contributed by atoms with E-state index < -0.39 is 41.4 Å². The normalized spacial score (nSPS) is 10.3. The largest absolute Gasteiger partial charge is 0.480 e. The Morgan fingerprint density at radius 3 is 2.16 bits per heavy atom. The second kappa shape index (κ2) is 6.21. The van der Waals surface area contributed by atoms with E-state index in [1.54, 1.807) is 6.92 Å². The van der Waals surface area contributed by atoms with Crippen molar-refractivity contribution in [3.05, 3.63) is 35.1 Å². The van der Waals surface area contributed by atoms with E-state index in [2.05, 4.69) is 0 Å². The number of aliphatic carboxylic acids is 1. The Morgan fingerprint density at radius 1 is 1.21 bits per heavy atom. The minimum Gasteiger partial charge on any atom is -0.480 e. The number of halogens is 3. The van der Waals surface area contributed by atoms with Gasteiger partial charge in [-0.1, -0.05) is 6.92 Å². The molecule has 0 bridgehead atoms. The number of amides is 1. The molecule has 4 nitrogen and oxygen atoms in total. The van der Waals surface area contributed by atoms with Gasteiger partial charge >= 0.3 is 5.97 Å². The molecule has 1 aromatic rings. The SMILES string of the molecule is CCCN(CC(=O)O)C(=O)c1cc(F)c(F)c(F)c1. The maximum absolute atomic E-state index is 13.0. The van der Waals surface area contributed by atoms with Crippen molar-refractivity contribution in [1.82, 2.24) is 4.90 Å². The average molecular weight is 275 g/mol. The molecule has 0 aliphatic heterocycles. The Bertz CT molecular complexity index is 482. The Morgan fingerprint density at radius 2 is 1.74 bits per heavy atom. The highest BCUT2D eigenvalue weighted by atomic mass is 19.2. The minimum atomic E-state index is -1.67. The fourth-order valence-corrected chi connectivity index (χ4v) is 1.55. The van der Waals surface area contributed by atoms with Gasteiger partial charge in [0, 0.05) is 12.1 Å². The van der Waals surface area contributed by atoms with Crippen LogP contribution in [0.1, 0.15) is 23.7 Å². The Kier molecular flexibility index (Phi) is 4.91. The van der Waals surface area contributed by atoms with Gasteiger partial charge in [-0.15, -0.1) is 0 Å². The summed E-state index contributed by atoms with van der Waals surface area (Å²) in [7, 11) is 0. The van der Waals surface area contributed by atoms with E-state index in [0.29, 0.717) is 18.6 Å². The lowest BCUT2D eigenvalue weighted by Crippen LogP contribution is -2.36. The number of nitrogens with zero attached hydrogens (tertiary/aromatic N) is 1. The zero-order valence-corrected chi connectivity index (χ0v) is 10.1. The van der Waals surface area contributed by atoms with E-state index in [1.165, 1.54) is 0 Å². The van der Waals surface area contributed by atoms with Crippen molar-refractivity contribution in [3.8, 4) is 0 Å². The molecule has 0 unspecified atom stereocenters. The maximum atomic E-state index is 13.0. The van der Waals surface area contributed by atoms with Gasteiger partial charge in [-0.05, 0) is 18.6 Å². The summed E-state index contributed by atoms with van der Waals surface area (Å²) in [6.07, 6.45) is 0.477. The van der Waals surface area contributed by atoms with Crippen LogP contribution in [0.25, 0.3) is 0 Å². The molecule has 1 rings (SSSR count). The standard InChI is InChI=1S/C12H12F3NO3/c1-2-3-16(6-10(17)18)12(19)7-4-8(13)11(15)9(14)5-7/h4-5H,2-3,6H2,1H3,(H,17,18). The molecule has 0 aromatic heterocycles. The van der Waals surface area contributed by atoms with E-state index in [9.17, 15) is 22.8 Å². The molecule has 0 heterocycles. The van der Waals surface area contributed by atoms with Gasteiger partial charge in [0.1, 0.15) is 6.54 Å². The minimum absolute atomic E-state index is 0.117. The summed E-state index contributed by atoms with van der Waals surface area (Å²) in [5, 5.41) is 8.66. The topological polar surface area (TPSA) is 57.6 Å². The number of hydrogen-bond acceptors (Lipinski definition) is 2. The van der Waals surface area contributed by atoms with Gasteiger partial charge in [-0.25, -0.2) is 13.2 Å². The van der Waals surface area contributed by atoms with Crippen LogP contribution in [0.3, 0.4) is 0 Å². The molecule has 0 aliphatic rings. The predicted octanol–water partition coefficient (Wildman–Crippen LogP) is 2.04. The molecular formula is C12H12F3NO3. The first-order chi connectivity index (χ1) is 8.86. The molecule has 0 aliphatic carbocycles. The van der Waals surface area contributed by atoms with Gasteiger partial charge in [0.25, 0.3) is 5.91 Å². The van der Waals surface area contributed by atoms with Crippen molar-refractivity contribution in [1.29, 1.82) is 0 Å². The summed E-state index contributed by atoms with van der Waals surface area (Å²) in [4.78, 5) is 23.4. The maximum Gasteiger partial charge on any atom is 0.323 e. The number of carbonyl (C=O) groups is 2. The number of carbonyl (C=O) groups excluding carboxylic acids is 1. The monoisotopic (exact) mass is 275 g/mol. The van der Waals surface area contributed by atoms with Crippen LogP contribution in [-0.2, 0) is 4.79 Å². The summed E-state index contributed by atoms with van der Waals surface area (Å²) >= 11 is 0. The molecule has 7 heteroatoms. The Hall–Kier alpha value is -2.05. The highest BCUT2D eigenvalue weighted by Gasteiger charge is 2.21. The highest BCUT2D eigenvalue weighted by molar-refractivity contribution is 5.95. The third-order valence-corrected chi connectivity index (χ3v) is 2.34. The molecule has 0 saturated heterocycles. The van der Waals surface area contributed by atoms with Crippen molar-refractivity contribution in [3.63, 3.8) is 0 Å². The predicted molar refractivity (Wildman–Crippen MR) is 60.1 cm³/mol.